The summed E-state index contributed by atoms with van der Waals surface area (Å²) in [5.41, 5.74) is 1.85. The van der Waals surface area contributed by atoms with E-state index in [4.69, 9.17) is 4.74 Å². The Morgan fingerprint density at radius 2 is 2.07 bits per heavy atom. The number of ether oxygens (including phenoxy) is 1. The molecule has 0 aliphatic carbocycles. The van der Waals surface area contributed by atoms with Gasteiger partial charge in [0.2, 0.25) is 0 Å². The van der Waals surface area contributed by atoms with Crippen molar-refractivity contribution in [2.24, 2.45) is 0 Å². The molecule has 1 atom stereocenters. The van der Waals surface area contributed by atoms with E-state index in [0.717, 1.165) is 11.1 Å². The zero-order valence-electron chi connectivity index (χ0n) is 8.44. The van der Waals surface area contributed by atoms with Crippen LogP contribution in [0.3, 0.4) is 0 Å². The molecule has 0 amide bonds. The average Bonchev–Trinajstić information content (AvgIpc) is 2.19. The Bertz CT molecular complexity index is 280. The van der Waals surface area contributed by atoms with Crippen LogP contribution in [0, 0.1) is 0 Å². The minimum Gasteiger partial charge on any atom is -0.386 e. The number of aliphatic hydroxyl groups excluding tert-OH is 1. The molecule has 0 spiro atoms. The highest BCUT2D eigenvalue weighted by Gasteiger charge is 2.03. The minimum absolute atomic E-state index is 0.310. The highest BCUT2D eigenvalue weighted by molar-refractivity contribution is 5.13. The summed E-state index contributed by atoms with van der Waals surface area (Å²) in [6.45, 7) is 6.28. The molecule has 1 N–H and O–H groups in total. The van der Waals surface area contributed by atoms with Crippen molar-refractivity contribution in [1.29, 1.82) is 0 Å². The molecule has 0 heterocycles. The van der Waals surface area contributed by atoms with Crippen LogP contribution in [0.5, 0.6) is 0 Å². The molecule has 2 heteroatoms. The van der Waals surface area contributed by atoms with Crippen molar-refractivity contribution in [1.82, 2.24) is 0 Å². The maximum absolute atomic E-state index is 9.38. The molecule has 2 nitrogen and oxygen atoms in total. The highest BCUT2D eigenvalue weighted by Crippen LogP contribution is 2.03. The third-order valence-electron chi connectivity index (χ3n) is 1.96. The zero-order chi connectivity index (χ0) is 10.4. The van der Waals surface area contributed by atoms with E-state index >= 15 is 0 Å². The van der Waals surface area contributed by atoms with Crippen LogP contribution in [0.1, 0.15) is 12.5 Å². The quantitative estimate of drug-likeness (QED) is 0.724. The molecule has 0 bridgehead atoms. The van der Waals surface area contributed by atoms with E-state index < -0.39 is 6.10 Å². The summed E-state index contributed by atoms with van der Waals surface area (Å²) in [7, 11) is 0. The summed E-state index contributed by atoms with van der Waals surface area (Å²) in [5, 5.41) is 9.38. The zero-order valence-corrected chi connectivity index (χ0v) is 8.44. The Morgan fingerprint density at radius 1 is 1.43 bits per heavy atom. The first-order chi connectivity index (χ1) is 6.70. The molecular formula is C12H16O2. The number of aliphatic hydroxyl groups is 1. The van der Waals surface area contributed by atoms with Crippen molar-refractivity contribution >= 4 is 0 Å². The van der Waals surface area contributed by atoms with Gasteiger partial charge in [-0.05, 0) is 18.1 Å². The first-order valence-electron chi connectivity index (χ1n) is 4.65. The van der Waals surface area contributed by atoms with E-state index in [1.54, 1.807) is 6.92 Å². The summed E-state index contributed by atoms with van der Waals surface area (Å²) in [6.07, 6.45) is -0.557. The Kier molecular flexibility index (Phi) is 4.36. The second kappa shape index (κ2) is 5.58. The van der Waals surface area contributed by atoms with Gasteiger partial charge in [-0.2, -0.15) is 0 Å². The van der Waals surface area contributed by atoms with E-state index in [1.807, 2.05) is 30.3 Å². The molecule has 0 saturated carbocycles. The molecule has 0 unspecified atom stereocenters. The number of hydrogen-bond donors (Lipinski definition) is 1. The lowest BCUT2D eigenvalue weighted by molar-refractivity contribution is 0.0455. The maximum atomic E-state index is 9.38. The molecule has 0 fully saturated rings. The number of benzene rings is 1. The monoisotopic (exact) mass is 192 g/mol. The fraction of sp³-hybridized carbons (Fsp3) is 0.333. The SMILES string of the molecule is C=C(C)[C@H](O)COCc1ccccc1. The van der Waals surface area contributed by atoms with Gasteiger partial charge in [-0.1, -0.05) is 36.9 Å². The fourth-order valence-electron chi connectivity index (χ4n) is 1.00. The van der Waals surface area contributed by atoms with Crippen LogP contribution in [0.2, 0.25) is 0 Å². The summed E-state index contributed by atoms with van der Waals surface area (Å²) < 4.78 is 5.33. The molecule has 76 valence electrons. The van der Waals surface area contributed by atoms with Crippen LogP contribution in [0.25, 0.3) is 0 Å². The molecule has 0 aromatic heterocycles. The van der Waals surface area contributed by atoms with Crippen molar-refractivity contribution in [2.45, 2.75) is 19.6 Å². The maximum Gasteiger partial charge on any atom is 0.0978 e. The summed E-state index contributed by atoms with van der Waals surface area (Å²) in [6, 6.07) is 9.88. The van der Waals surface area contributed by atoms with Gasteiger partial charge in [0.05, 0.1) is 19.3 Å². The molecular weight excluding hydrogens is 176 g/mol. The standard InChI is InChI=1S/C12H16O2/c1-10(2)12(13)9-14-8-11-6-4-3-5-7-11/h3-7,12-13H,1,8-9H2,2H3/t12-/m1/s1. The van der Waals surface area contributed by atoms with Gasteiger partial charge >= 0.3 is 0 Å². The van der Waals surface area contributed by atoms with Crippen molar-refractivity contribution < 1.29 is 9.84 Å². The van der Waals surface area contributed by atoms with Crippen LogP contribution in [0.4, 0.5) is 0 Å². The van der Waals surface area contributed by atoms with E-state index in [2.05, 4.69) is 6.58 Å². The number of rotatable bonds is 5. The predicted octanol–water partition coefficient (Wildman–Crippen LogP) is 2.14. The molecule has 1 rings (SSSR count). The van der Waals surface area contributed by atoms with Gasteiger partial charge in [-0.25, -0.2) is 0 Å². The fourth-order valence-corrected chi connectivity index (χ4v) is 1.00. The summed E-state index contributed by atoms with van der Waals surface area (Å²) in [5.74, 6) is 0. The lowest BCUT2D eigenvalue weighted by Crippen LogP contribution is -2.15. The van der Waals surface area contributed by atoms with Crippen LogP contribution in [-0.2, 0) is 11.3 Å². The minimum atomic E-state index is -0.557. The molecule has 14 heavy (non-hydrogen) atoms. The normalized spacial score (nSPS) is 12.4. The van der Waals surface area contributed by atoms with Crippen molar-refractivity contribution in [3.63, 3.8) is 0 Å². The molecule has 1 aromatic rings. The Morgan fingerprint density at radius 3 is 2.64 bits per heavy atom. The average molecular weight is 192 g/mol. The molecule has 0 aliphatic heterocycles. The van der Waals surface area contributed by atoms with Gasteiger partial charge in [0, 0.05) is 0 Å². The van der Waals surface area contributed by atoms with Gasteiger partial charge in [-0.15, -0.1) is 0 Å². The van der Waals surface area contributed by atoms with E-state index in [-0.39, 0.29) is 0 Å². The lowest BCUT2D eigenvalue weighted by Gasteiger charge is -2.10. The van der Waals surface area contributed by atoms with Gasteiger partial charge < -0.3 is 9.84 Å². The van der Waals surface area contributed by atoms with Gasteiger partial charge in [0.1, 0.15) is 0 Å². The topological polar surface area (TPSA) is 29.5 Å². The van der Waals surface area contributed by atoms with E-state index in [0.29, 0.717) is 13.2 Å². The Balaban J connectivity index is 2.26. The van der Waals surface area contributed by atoms with Crippen molar-refractivity contribution in [2.75, 3.05) is 6.61 Å². The number of hydrogen-bond acceptors (Lipinski definition) is 2. The molecule has 0 radical (unpaired) electrons. The third-order valence-corrected chi connectivity index (χ3v) is 1.96. The summed E-state index contributed by atoms with van der Waals surface area (Å²) >= 11 is 0. The van der Waals surface area contributed by atoms with Crippen LogP contribution in [-0.4, -0.2) is 17.8 Å². The molecule has 0 aliphatic rings. The molecule has 0 saturated heterocycles. The Labute approximate surface area is 84.8 Å². The lowest BCUT2D eigenvalue weighted by atomic mass is 10.2. The predicted molar refractivity (Wildman–Crippen MR) is 56.9 cm³/mol. The van der Waals surface area contributed by atoms with Gasteiger partial charge in [0.25, 0.3) is 0 Å². The van der Waals surface area contributed by atoms with Gasteiger partial charge in [0.15, 0.2) is 0 Å². The van der Waals surface area contributed by atoms with Crippen LogP contribution in [0.15, 0.2) is 42.5 Å². The smallest absolute Gasteiger partial charge is 0.0978 e. The second-order valence-corrected chi connectivity index (χ2v) is 3.36. The third kappa shape index (κ3) is 3.73. The molecule has 1 aromatic carbocycles. The van der Waals surface area contributed by atoms with E-state index in [1.165, 1.54) is 0 Å². The van der Waals surface area contributed by atoms with Crippen LogP contribution >= 0.6 is 0 Å². The van der Waals surface area contributed by atoms with Crippen molar-refractivity contribution in [3.8, 4) is 0 Å². The van der Waals surface area contributed by atoms with Gasteiger partial charge in [-0.3, -0.25) is 0 Å². The Hall–Kier alpha value is -1.12. The van der Waals surface area contributed by atoms with Crippen molar-refractivity contribution in [3.05, 3.63) is 48.0 Å². The summed E-state index contributed by atoms with van der Waals surface area (Å²) in [4.78, 5) is 0. The van der Waals surface area contributed by atoms with Crippen LogP contribution < -0.4 is 0 Å². The highest BCUT2D eigenvalue weighted by atomic mass is 16.5. The van der Waals surface area contributed by atoms with E-state index in [9.17, 15) is 5.11 Å². The largest absolute Gasteiger partial charge is 0.386 e. The first-order valence-corrected chi connectivity index (χ1v) is 4.65. The first kappa shape index (κ1) is 11.0. The second-order valence-electron chi connectivity index (χ2n) is 3.36.